The topological polar surface area (TPSA) is 69.6 Å². The van der Waals surface area contributed by atoms with Crippen LogP contribution in [0.1, 0.15) is 6.42 Å². The summed E-state index contributed by atoms with van der Waals surface area (Å²) in [6.07, 6.45) is 0.818. The number of nitrogens with one attached hydrogen (secondary N) is 1. The predicted molar refractivity (Wildman–Crippen MR) is 37.2 cm³/mol. The number of hydrogen-bond acceptors (Lipinski definition) is 2. The molecule has 2 N–H and O–H groups in total. The summed E-state index contributed by atoms with van der Waals surface area (Å²) in [5, 5.41) is 10.9. The normalized spacial score (nSPS) is 17.8. The first-order chi connectivity index (χ1) is 5.20. The van der Waals surface area contributed by atoms with Gasteiger partial charge in [-0.3, -0.25) is 4.79 Å². The van der Waals surface area contributed by atoms with Crippen LogP contribution >= 0.6 is 0 Å². The Kier molecular flexibility index (Phi) is 2.30. The van der Waals surface area contributed by atoms with Crippen molar-refractivity contribution in [2.75, 3.05) is 19.6 Å². The molecule has 62 valence electrons. The Bertz CT molecular complexity index is 181. The fourth-order valence-electron chi connectivity index (χ4n) is 0.993. The van der Waals surface area contributed by atoms with Crippen LogP contribution in [0.15, 0.2) is 0 Å². The summed E-state index contributed by atoms with van der Waals surface area (Å²) in [5.41, 5.74) is 0. The van der Waals surface area contributed by atoms with Crippen LogP contribution in [0.2, 0.25) is 0 Å². The quantitative estimate of drug-likeness (QED) is 0.568. The lowest BCUT2D eigenvalue weighted by Gasteiger charge is -2.25. The third kappa shape index (κ3) is 2.10. The average molecular weight is 158 g/mol. The Morgan fingerprint density at radius 2 is 2.45 bits per heavy atom. The molecule has 1 heterocycles. The summed E-state index contributed by atoms with van der Waals surface area (Å²) in [6.45, 7) is 0.985. The van der Waals surface area contributed by atoms with E-state index in [1.54, 1.807) is 0 Å². The summed E-state index contributed by atoms with van der Waals surface area (Å²) < 4.78 is 0. The standard InChI is InChI=1S/C6H10N2O3/c9-5(10)4-8-3-1-2-7-6(8)11/h1-4H2,(H,7,11)(H,9,10). The van der Waals surface area contributed by atoms with Crippen LogP contribution in [0.25, 0.3) is 0 Å². The lowest BCUT2D eigenvalue weighted by Crippen LogP contribution is -2.48. The van der Waals surface area contributed by atoms with Crippen molar-refractivity contribution < 1.29 is 14.7 Å². The zero-order valence-electron chi connectivity index (χ0n) is 6.04. The van der Waals surface area contributed by atoms with Gasteiger partial charge in [0.15, 0.2) is 0 Å². The van der Waals surface area contributed by atoms with E-state index in [-0.39, 0.29) is 12.6 Å². The highest BCUT2D eigenvalue weighted by molar-refractivity contribution is 5.80. The summed E-state index contributed by atoms with van der Waals surface area (Å²) in [6, 6.07) is -0.279. The predicted octanol–water partition coefficient (Wildman–Crippen LogP) is -0.514. The molecule has 0 spiro atoms. The molecule has 0 aliphatic carbocycles. The summed E-state index contributed by atoms with van der Waals surface area (Å²) in [4.78, 5) is 22.4. The molecule has 0 aromatic heterocycles. The number of carboxylic acid groups (broad SMARTS) is 1. The van der Waals surface area contributed by atoms with E-state index >= 15 is 0 Å². The van der Waals surface area contributed by atoms with Gasteiger partial charge in [0.25, 0.3) is 0 Å². The highest BCUT2D eigenvalue weighted by Gasteiger charge is 2.18. The molecule has 1 rings (SSSR count). The van der Waals surface area contributed by atoms with Gasteiger partial charge in [-0.1, -0.05) is 0 Å². The zero-order chi connectivity index (χ0) is 8.27. The molecule has 0 radical (unpaired) electrons. The molecule has 1 saturated heterocycles. The van der Waals surface area contributed by atoms with Crippen LogP contribution in [-0.4, -0.2) is 41.6 Å². The minimum Gasteiger partial charge on any atom is -0.480 e. The van der Waals surface area contributed by atoms with E-state index < -0.39 is 5.97 Å². The maximum Gasteiger partial charge on any atom is 0.323 e. The van der Waals surface area contributed by atoms with Crippen molar-refractivity contribution in [2.45, 2.75) is 6.42 Å². The molecule has 0 atom stereocenters. The Labute approximate surface area is 64.0 Å². The largest absolute Gasteiger partial charge is 0.480 e. The average Bonchev–Trinajstić information content (AvgIpc) is 1.93. The first-order valence-electron chi connectivity index (χ1n) is 3.45. The smallest absolute Gasteiger partial charge is 0.323 e. The van der Waals surface area contributed by atoms with Gasteiger partial charge >= 0.3 is 12.0 Å². The van der Waals surface area contributed by atoms with Crippen LogP contribution in [-0.2, 0) is 4.79 Å². The molecule has 2 amide bonds. The van der Waals surface area contributed by atoms with Gasteiger partial charge in [-0.05, 0) is 6.42 Å². The first kappa shape index (κ1) is 7.84. The highest BCUT2D eigenvalue weighted by atomic mass is 16.4. The van der Waals surface area contributed by atoms with Crippen molar-refractivity contribution in [3.63, 3.8) is 0 Å². The van der Waals surface area contributed by atoms with E-state index in [4.69, 9.17) is 5.11 Å². The maximum absolute atomic E-state index is 10.9. The monoisotopic (exact) mass is 158 g/mol. The van der Waals surface area contributed by atoms with E-state index in [0.29, 0.717) is 13.1 Å². The Hall–Kier alpha value is -1.26. The Morgan fingerprint density at radius 1 is 1.73 bits per heavy atom. The fourth-order valence-corrected chi connectivity index (χ4v) is 0.993. The number of carboxylic acids is 1. The van der Waals surface area contributed by atoms with Gasteiger partial charge in [0.1, 0.15) is 6.54 Å². The zero-order valence-corrected chi connectivity index (χ0v) is 6.04. The molecule has 0 saturated carbocycles. The lowest BCUT2D eigenvalue weighted by atomic mass is 10.3. The van der Waals surface area contributed by atoms with Crippen LogP contribution < -0.4 is 5.32 Å². The van der Waals surface area contributed by atoms with E-state index in [0.717, 1.165) is 6.42 Å². The molecule has 5 heteroatoms. The fraction of sp³-hybridized carbons (Fsp3) is 0.667. The third-order valence-electron chi connectivity index (χ3n) is 1.49. The molecule has 0 aromatic rings. The Balaban J connectivity index is 2.42. The van der Waals surface area contributed by atoms with Crippen molar-refractivity contribution in [3.05, 3.63) is 0 Å². The number of hydrogen-bond donors (Lipinski definition) is 2. The van der Waals surface area contributed by atoms with Crippen molar-refractivity contribution in [1.29, 1.82) is 0 Å². The maximum atomic E-state index is 10.9. The minimum atomic E-state index is -0.970. The number of carbonyl (C=O) groups is 2. The van der Waals surface area contributed by atoms with Gasteiger partial charge in [-0.2, -0.15) is 0 Å². The second kappa shape index (κ2) is 3.23. The van der Waals surface area contributed by atoms with Gasteiger partial charge in [-0.15, -0.1) is 0 Å². The summed E-state index contributed by atoms with van der Waals surface area (Å²) >= 11 is 0. The molecule has 1 aliphatic rings. The van der Waals surface area contributed by atoms with Crippen LogP contribution in [0.3, 0.4) is 0 Å². The molecule has 0 bridgehead atoms. The molecule has 5 nitrogen and oxygen atoms in total. The van der Waals surface area contributed by atoms with Crippen LogP contribution in [0.5, 0.6) is 0 Å². The lowest BCUT2D eigenvalue weighted by molar-refractivity contribution is -0.137. The summed E-state index contributed by atoms with van der Waals surface area (Å²) in [5.74, 6) is -0.970. The van der Waals surface area contributed by atoms with E-state index in [9.17, 15) is 9.59 Å². The van der Waals surface area contributed by atoms with Gasteiger partial charge in [0.05, 0.1) is 0 Å². The second-order valence-electron chi connectivity index (χ2n) is 2.40. The number of aliphatic carboxylic acids is 1. The van der Waals surface area contributed by atoms with Crippen molar-refractivity contribution >= 4 is 12.0 Å². The first-order valence-corrected chi connectivity index (χ1v) is 3.45. The molecular formula is C6H10N2O3. The van der Waals surface area contributed by atoms with Gasteiger partial charge < -0.3 is 15.3 Å². The number of urea groups is 1. The van der Waals surface area contributed by atoms with Crippen LogP contribution in [0.4, 0.5) is 4.79 Å². The molecule has 1 fully saturated rings. The molecule has 0 unspecified atom stereocenters. The van der Waals surface area contributed by atoms with Crippen molar-refractivity contribution in [3.8, 4) is 0 Å². The van der Waals surface area contributed by atoms with E-state index in [2.05, 4.69) is 5.32 Å². The summed E-state index contributed by atoms with van der Waals surface area (Å²) in [7, 11) is 0. The number of nitrogens with zero attached hydrogens (tertiary/aromatic N) is 1. The SMILES string of the molecule is O=C(O)CN1CCCNC1=O. The second-order valence-corrected chi connectivity index (χ2v) is 2.40. The number of rotatable bonds is 2. The van der Waals surface area contributed by atoms with Gasteiger partial charge in [0.2, 0.25) is 0 Å². The third-order valence-corrected chi connectivity index (χ3v) is 1.49. The van der Waals surface area contributed by atoms with Crippen LogP contribution in [0, 0.1) is 0 Å². The van der Waals surface area contributed by atoms with E-state index in [1.807, 2.05) is 0 Å². The Morgan fingerprint density at radius 3 is 3.00 bits per heavy atom. The van der Waals surface area contributed by atoms with Gasteiger partial charge in [-0.25, -0.2) is 4.79 Å². The van der Waals surface area contributed by atoms with Crippen molar-refractivity contribution in [1.82, 2.24) is 10.2 Å². The highest BCUT2D eigenvalue weighted by Crippen LogP contribution is 1.97. The number of amides is 2. The molecule has 1 aliphatic heterocycles. The molecule has 0 aromatic carbocycles. The van der Waals surface area contributed by atoms with Crippen molar-refractivity contribution in [2.24, 2.45) is 0 Å². The number of carbonyl (C=O) groups excluding carboxylic acids is 1. The molecular weight excluding hydrogens is 148 g/mol. The van der Waals surface area contributed by atoms with E-state index in [1.165, 1.54) is 4.90 Å². The minimum absolute atomic E-state index is 0.203. The van der Waals surface area contributed by atoms with Gasteiger partial charge in [0, 0.05) is 13.1 Å². The molecule has 11 heavy (non-hydrogen) atoms.